The van der Waals surface area contributed by atoms with E-state index in [1.807, 2.05) is 24.3 Å². The van der Waals surface area contributed by atoms with Crippen LogP contribution in [0.5, 0.6) is 5.75 Å². The van der Waals surface area contributed by atoms with Crippen molar-refractivity contribution in [1.82, 2.24) is 4.31 Å². The summed E-state index contributed by atoms with van der Waals surface area (Å²) in [5.41, 5.74) is 1.55. The second-order valence-electron chi connectivity index (χ2n) is 6.55. The fourth-order valence-corrected chi connectivity index (χ4v) is 4.03. The van der Waals surface area contributed by atoms with Crippen LogP contribution in [0.1, 0.15) is 28.8 Å². The lowest BCUT2D eigenvalue weighted by Crippen LogP contribution is -2.29. The number of sulfonamides is 1. The highest BCUT2D eigenvalue weighted by Crippen LogP contribution is 2.32. The number of Topliss-reactive ketones (excluding diaryl/α,β-unsaturated/α-hetero) is 1. The number of ketones is 1. The van der Waals surface area contributed by atoms with E-state index in [0.717, 1.165) is 24.2 Å². The molecule has 0 unspecified atom stereocenters. The quantitative estimate of drug-likeness (QED) is 0.667. The van der Waals surface area contributed by atoms with Crippen LogP contribution < -0.4 is 4.74 Å². The van der Waals surface area contributed by atoms with Crippen molar-refractivity contribution in [3.63, 3.8) is 0 Å². The zero-order valence-electron chi connectivity index (χ0n) is 15.0. The molecule has 2 aromatic carbocycles. The molecular formula is C20H23NO4S. The van der Waals surface area contributed by atoms with E-state index in [1.165, 1.54) is 16.4 Å². The van der Waals surface area contributed by atoms with E-state index in [2.05, 4.69) is 0 Å². The Hall–Kier alpha value is -2.18. The number of para-hydroxylation sites is 1. The van der Waals surface area contributed by atoms with Gasteiger partial charge in [0.15, 0.2) is 5.78 Å². The third kappa shape index (κ3) is 3.97. The van der Waals surface area contributed by atoms with E-state index >= 15 is 0 Å². The molecule has 1 saturated carbocycles. The summed E-state index contributed by atoms with van der Waals surface area (Å²) in [6.07, 6.45) is 2.42. The first-order chi connectivity index (χ1) is 12.4. The second kappa shape index (κ2) is 7.60. The molecule has 1 fully saturated rings. The predicted octanol–water partition coefficient (Wildman–Crippen LogP) is 3.15. The molecule has 0 bridgehead atoms. The van der Waals surface area contributed by atoms with Gasteiger partial charge in [0.25, 0.3) is 0 Å². The minimum Gasteiger partial charge on any atom is -0.496 e. The van der Waals surface area contributed by atoms with E-state index in [0.29, 0.717) is 18.5 Å². The largest absolute Gasteiger partial charge is 0.496 e. The number of hydrogen-bond donors (Lipinski definition) is 0. The van der Waals surface area contributed by atoms with Gasteiger partial charge in [-0.2, -0.15) is 0 Å². The number of benzene rings is 2. The van der Waals surface area contributed by atoms with Gasteiger partial charge >= 0.3 is 0 Å². The molecule has 0 saturated heterocycles. The van der Waals surface area contributed by atoms with Crippen LogP contribution in [-0.2, 0) is 16.4 Å². The van der Waals surface area contributed by atoms with Crippen molar-refractivity contribution < 1.29 is 17.9 Å². The summed E-state index contributed by atoms with van der Waals surface area (Å²) in [5.74, 6) is 0.987. The molecule has 0 N–H and O–H groups in total. The van der Waals surface area contributed by atoms with Crippen LogP contribution in [0.25, 0.3) is 0 Å². The lowest BCUT2D eigenvalue weighted by Gasteiger charge is -2.18. The molecule has 0 amide bonds. The van der Waals surface area contributed by atoms with E-state index in [1.54, 1.807) is 26.3 Å². The van der Waals surface area contributed by atoms with E-state index < -0.39 is 10.0 Å². The van der Waals surface area contributed by atoms with Gasteiger partial charge in [-0.1, -0.05) is 30.3 Å². The predicted molar refractivity (Wildman–Crippen MR) is 100 cm³/mol. The first kappa shape index (κ1) is 18.6. The molecule has 2 aromatic rings. The fraction of sp³-hybridized carbons (Fsp3) is 0.350. The normalized spacial score (nSPS) is 14.4. The summed E-state index contributed by atoms with van der Waals surface area (Å²) in [6.45, 7) is 0.339. The van der Waals surface area contributed by atoms with Crippen LogP contribution in [0, 0.1) is 5.92 Å². The molecule has 1 aliphatic rings. The third-order valence-electron chi connectivity index (χ3n) is 4.68. The molecule has 0 aromatic heterocycles. The number of carbonyl (C=O) groups is 1. The van der Waals surface area contributed by atoms with Crippen LogP contribution in [0.2, 0.25) is 0 Å². The van der Waals surface area contributed by atoms with Gasteiger partial charge in [0, 0.05) is 25.1 Å². The minimum atomic E-state index is -3.59. The first-order valence-electron chi connectivity index (χ1n) is 8.66. The zero-order valence-corrected chi connectivity index (χ0v) is 15.8. The number of carbonyl (C=O) groups excluding carboxylic acids is 1. The Balaban J connectivity index is 1.69. The maximum atomic E-state index is 12.7. The van der Waals surface area contributed by atoms with Crippen molar-refractivity contribution in [2.45, 2.75) is 24.2 Å². The molecule has 138 valence electrons. The van der Waals surface area contributed by atoms with Crippen molar-refractivity contribution in [2.75, 3.05) is 20.7 Å². The van der Waals surface area contributed by atoms with Crippen molar-refractivity contribution in [3.05, 3.63) is 59.7 Å². The molecule has 1 aliphatic carbocycles. The maximum Gasteiger partial charge on any atom is 0.242 e. The Morgan fingerprint density at radius 3 is 2.38 bits per heavy atom. The number of nitrogens with zero attached hydrogens (tertiary/aromatic N) is 1. The Morgan fingerprint density at radius 1 is 1.12 bits per heavy atom. The van der Waals surface area contributed by atoms with E-state index in [-0.39, 0.29) is 16.6 Å². The van der Waals surface area contributed by atoms with E-state index in [9.17, 15) is 13.2 Å². The smallest absolute Gasteiger partial charge is 0.242 e. The Bertz CT molecular complexity index is 886. The summed E-state index contributed by atoms with van der Waals surface area (Å²) in [4.78, 5) is 12.3. The number of methoxy groups -OCH3 is 1. The number of ether oxygens (including phenoxy) is 1. The van der Waals surface area contributed by atoms with Crippen LogP contribution in [-0.4, -0.2) is 39.2 Å². The van der Waals surface area contributed by atoms with Gasteiger partial charge in [-0.3, -0.25) is 4.79 Å². The number of likely N-dealkylation sites (N-methyl/N-ethyl adjacent to an activating group) is 1. The fourth-order valence-electron chi connectivity index (χ4n) is 2.86. The van der Waals surface area contributed by atoms with Gasteiger partial charge in [0.1, 0.15) is 5.75 Å². The summed E-state index contributed by atoms with van der Waals surface area (Å²) in [6, 6.07) is 13.8. The highest BCUT2D eigenvalue weighted by Gasteiger charge is 2.30. The van der Waals surface area contributed by atoms with Gasteiger partial charge in [-0.05, 0) is 43.0 Å². The molecule has 6 heteroatoms. The summed E-state index contributed by atoms with van der Waals surface area (Å²) in [7, 11) is -0.430. The molecule has 3 rings (SSSR count). The molecule has 0 aliphatic heterocycles. The molecule has 0 spiro atoms. The average molecular weight is 373 g/mol. The van der Waals surface area contributed by atoms with Crippen LogP contribution in [0.3, 0.4) is 0 Å². The Morgan fingerprint density at radius 2 is 1.77 bits per heavy atom. The van der Waals surface area contributed by atoms with Gasteiger partial charge in [0.2, 0.25) is 10.0 Å². The van der Waals surface area contributed by atoms with Crippen LogP contribution >= 0.6 is 0 Å². The molecule has 0 radical (unpaired) electrons. The summed E-state index contributed by atoms with van der Waals surface area (Å²) < 4.78 is 32.1. The van der Waals surface area contributed by atoms with E-state index in [4.69, 9.17) is 4.74 Å². The van der Waals surface area contributed by atoms with Gasteiger partial charge in [-0.15, -0.1) is 0 Å². The number of rotatable bonds is 8. The Kier molecular flexibility index (Phi) is 5.44. The van der Waals surface area contributed by atoms with Crippen LogP contribution in [0.4, 0.5) is 0 Å². The van der Waals surface area contributed by atoms with Crippen molar-refractivity contribution in [1.29, 1.82) is 0 Å². The minimum absolute atomic E-state index is 0.110. The monoisotopic (exact) mass is 373 g/mol. The lowest BCUT2D eigenvalue weighted by atomic mass is 10.1. The SMILES string of the molecule is COc1ccccc1CCN(C)S(=O)(=O)c1ccc(C(=O)C2CC2)cc1. The second-order valence-corrected chi connectivity index (χ2v) is 8.60. The molecular weight excluding hydrogens is 350 g/mol. The Labute approximate surface area is 154 Å². The standard InChI is InChI=1S/C20H23NO4S/c1-21(14-13-15-5-3-4-6-19(15)25-2)26(23,24)18-11-9-17(10-12-18)20(22)16-7-8-16/h3-6,9-12,16H,7-8,13-14H2,1-2H3. The van der Waals surface area contributed by atoms with Crippen molar-refractivity contribution in [2.24, 2.45) is 5.92 Å². The molecule has 0 atom stereocenters. The molecule has 5 nitrogen and oxygen atoms in total. The highest BCUT2D eigenvalue weighted by atomic mass is 32.2. The maximum absolute atomic E-state index is 12.7. The van der Waals surface area contributed by atoms with Gasteiger partial charge in [-0.25, -0.2) is 12.7 Å². The van der Waals surface area contributed by atoms with Gasteiger partial charge in [0.05, 0.1) is 12.0 Å². The zero-order chi connectivity index (χ0) is 18.7. The first-order valence-corrected chi connectivity index (χ1v) is 10.1. The van der Waals surface area contributed by atoms with Crippen LogP contribution in [0.15, 0.2) is 53.4 Å². The topological polar surface area (TPSA) is 63.7 Å². The third-order valence-corrected chi connectivity index (χ3v) is 6.55. The van der Waals surface area contributed by atoms with Crippen molar-refractivity contribution >= 4 is 15.8 Å². The highest BCUT2D eigenvalue weighted by molar-refractivity contribution is 7.89. The molecule has 26 heavy (non-hydrogen) atoms. The van der Waals surface area contributed by atoms with Crippen molar-refractivity contribution in [3.8, 4) is 5.75 Å². The lowest BCUT2D eigenvalue weighted by molar-refractivity contribution is 0.0967. The summed E-state index contributed by atoms with van der Waals surface area (Å²) in [5, 5.41) is 0. The number of hydrogen-bond acceptors (Lipinski definition) is 4. The molecule has 0 heterocycles. The summed E-state index contributed by atoms with van der Waals surface area (Å²) >= 11 is 0. The average Bonchev–Trinajstić information content (AvgIpc) is 3.51. The van der Waals surface area contributed by atoms with Gasteiger partial charge < -0.3 is 4.74 Å².